The van der Waals surface area contributed by atoms with E-state index in [-0.39, 0.29) is 5.38 Å². The van der Waals surface area contributed by atoms with Gasteiger partial charge in [0.25, 0.3) is 0 Å². The monoisotopic (exact) mass is 274 g/mol. The summed E-state index contributed by atoms with van der Waals surface area (Å²) in [6.07, 6.45) is 6.49. The second-order valence-electron chi connectivity index (χ2n) is 4.79. The molecule has 0 radical (unpaired) electrons. The highest BCUT2D eigenvalue weighted by Crippen LogP contribution is 2.30. The van der Waals surface area contributed by atoms with Crippen molar-refractivity contribution in [1.29, 1.82) is 0 Å². The second-order valence-corrected chi connectivity index (χ2v) is 5.32. The highest BCUT2D eigenvalue weighted by Gasteiger charge is 2.15. The van der Waals surface area contributed by atoms with Gasteiger partial charge >= 0.3 is 0 Å². The third kappa shape index (κ3) is 4.56. The molecule has 0 nitrogen and oxygen atoms in total. The van der Waals surface area contributed by atoms with Crippen molar-refractivity contribution >= 4 is 11.6 Å². The smallest absolute Gasteiger partial charge is 0.130 e. The molecule has 1 unspecified atom stereocenters. The molecule has 0 fully saturated rings. The topological polar surface area (TPSA) is 0 Å². The Kier molecular flexibility index (Phi) is 6.62. The van der Waals surface area contributed by atoms with Crippen LogP contribution in [-0.4, -0.2) is 0 Å². The van der Waals surface area contributed by atoms with Crippen molar-refractivity contribution < 1.29 is 8.78 Å². The van der Waals surface area contributed by atoms with Gasteiger partial charge in [0.2, 0.25) is 0 Å². The van der Waals surface area contributed by atoms with E-state index in [1.807, 2.05) is 0 Å². The molecule has 0 saturated carbocycles. The van der Waals surface area contributed by atoms with E-state index in [1.54, 1.807) is 6.92 Å². The number of aryl methyl sites for hydroxylation is 1. The summed E-state index contributed by atoms with van der Waals surface area (Å²) in [5, 5.41) is -0.356. The predicted octanol–water partition coefficient (Wildman–Crippen LogP) is 5.91. The maximum atomic E-state index is 13.6. The number of rotatable bonds is 7. The van der Waals surface area contributed by atoms with Gasteiger partial charge in [0.15, 0.2) is 0 Å². The molecule has 1 atom stereocenters. The minimum atomic E-state index is -0.536. The van der Waals surface area contributed by atoms with E-state index in [1.165, 1.54) is 25.3 Å². The Hall–Kier alpha value is -0.630. The molecule has 0 aliphatic heterocycles. The number of hydrogen-bond donors (Lipinski definition) is 0. The molecular weight excluding hydrogens is 254 g/mol. The van der Waals surface area contributed by atoms with Crippen molar-refractivity contribution in [2.45, 2.75) is 57.7 Å². The molecule has 0 aliphatic carbocycles. The van der Waals surface area contributed by atoms with Gasteiger partial charge in [0.05, 0.1) is 5.38 Å². The number of halogens is 3. The van der Waals surface area contributed by atoms with Crippen molar-refractivity contribution in [2.75, 3.05) is 0 Å². The third-order valence-electron chi connectivity index (χ3n) is 3.18. The Balaban J connectivity index is 2.51. The van der Waals surface area contributed by atoms with Gasteiger partial charge in [-0.15, -0.1) is 11.6 Å². The first-order valence-electron chi connectivity index (χ1n) is 6.65. The van der Waals surface area contributed by atoms with Crippen molar-refractivity contribution in [1.82, 2.24) is 0 Å². The Morgan fingerprint density at radius 1 is 1.06 bits per heavy atom. The Morgan fingerprint density at radius 2 is 1.72 bits per heavy atom. The fourth-order valence-electron chi connectivity index (χ4n) is 2.00. The van der Waals surface area contributed by atoms with Gasteiger partial charge in [-0.2, -0.15) is 0 Å². The van der Waals surface area contributed by atoms with E-state index >= 15 is 0 Å². The zero-order valence-electron chi connectivity index (χ0n) is 11.1. The highest BCUT2D eigenvalue weighted by molar-refractivity contribution is 6.20. The molecule has 0 amide bonds. The molecule has 0 heterocycles. The van der Waals surface area contributed by atoms with Crippen LogP contribution in [0.5, 0.6) is 0 Å². The molecular formula is C15H21ClF2. The van der Waals surface area contributed by atoms with Crippen LogP contribution in [-0.2, 0) is 0 Å². The zero-order valence-corrected chi connectivity index (χ0v) is 11.9. The molecule has 0 saturated heterocycles. The minimum Gasteiger partial charge on any atom is -0.207 e. The van der Waals surface area contributed by atoms with Gasteiger partial charge in [-0.05, 0) is 25.0 Å². The van der Waals surface area contributed by atoms with E-state index in [4.69, 9.17) is 11.6 Å². The summed E-state index contributed by atoms with van der Waals surface area (Å²) < 4.78 is 26.7. The molecule has 3 heteroatoms. The van der Waals surface area contributed by atoms with Gasteiger partial charge in [0.1, 0.15) is 11.6 Å². The number of alkyl halides is 1. The van der Waals surface area contributed by atoms with Gasteiger partial charge in [-0.3, -0.25) is 0 Å². The van der Waals surface area contributed by atoms with Gasteiger partial charge in [-0.25, -0.2) is 8.78 Å². The largest absolute Gasteiger partial charge is 0.207 e. The summed E-state index contributed by atoms with van der Waals surface area (Å²) in [7, 11) is 0. The third-order valence-corrected chi connectivity index (χ3v) is 3.63. The van der Waals surface area contributed by atoms with Crippen LogP contribution in [0.25, 0.3) is 0 Å². The fourth-order valence-corrected chi connectivity index (χ4v) is 2.32. The maximum absolute atomic E-state index is 13.6. The summed E-state index contributed by atoms with van der Waals surface area (Å²) in [5.74, 6) is -1.05. The molecule has 1 rings (SSSR count). The molecule has 1 aromatic rings. The summed E-state index contributed by atoms with van der Waals surface area (Å²) in [5.41, 5.74) is 0.870. The number of benzene rings is 1. The van der Waals surface area contributed by atoms with Crippen LogP contribution in [0.15, 0.2) is 12.1 Å². The van der Waals surface area contributed by atoms with Crippen molar-refractivity contribution in [3.63, 3.8) is 0 Å². The lowest BCUT2D eigenvalue weighted by Crippen LogP contribution is -1.98. The van der Waals surface area contributed by atoms with Crippen molar-refractivity contribution in [3.05, 3.63) is 34.9 Å². The molecule has 0 aromatic heterocycles. The van der Waals surface area contributed by atoms with Crippen LogP contribution >= 0.6 is 11.6 Å². The summed E-state index contributed by atoms with van der Waals surface area (Å²) in [6, 6.07) is 2.45. The minimum absolute atomic E-state index is 0.356. The summed E-state index contributed by atoms with van der Waals surface area (Å²) >= 11 is 6.19. The summed E-state index contributed by atoms with van der Waals surface area (Å²) in [4.78, 5) is 0. The highest BCUT2D eigenvalue weighted by atomic mass is 35.5. The Labute approximate surface area is 113 Å². The van der Waals surface area contributed by atoms with Crippen LogP contribution in [0.4, 0.5) is 8.78 Å². The Bertz CT molecular complexity index is 377. The first kappa shape index (κ1) is 15.4. The van der Waals surface area contributed by atoms with Crippen LogP contribution in [0.2, 0.25) is 0 Å². The fraction of sp³-hybridized carbons (Fsp3) is 0.600. The SMILES string of the molecule is CCCCCCCC(Cl)c1cc(C)c(F)cc1F. The van der Waals surface area contributed by atoms with Crippen molar-refractivity contribution in [2.24, 2.45) is 0 Å². The number of hydrogen-bond acceptors (Lipinski definition) is 0. The molecule has 0 aliphatic rings. The normalized spacial score (nSPS) is 12.7. The lowest BCUT2D eigenvalue weighted by Gasteiger charge is -2.12. The van der Waals surface area contributed by atoms with E-state index in [0.29, 0.717) is 11.1 Å². The van der Waals surface area contributed by atoms with Gasteiger partial charge < -0.3 is 0 Å². The van der Waals surface area contributed by atoms with E-state index in [9.17, 15) is 8.78 Å². The second kappa shape index (κ2) is 7.73. The first-order chi connectivity index (χ1) is 8.56. The molecule has 0 spiro atoms. The van der Waals surface area contributed by atoms with E-state index in [2.05, 4.69) is 6.92 Å². The maximum Gasteiger partial charge on any atom is 0.130 e. The first-order valence-corrected chi connectivity index (χ1v) is 7.09. The van der Waals surface area contributed by atoms with E-state index in [0.717, 1.165) is 25.3 Å². The van der Waals surface area contributed by atoms with Gasteiger partial charge in [-0.1, -0.05) is 39.0 Å². The average Bonchev–Trinajstić information content (AvgIpc) is 2.33. The Morgan fingerprint density at radius 3 is 2.39 bits per heavy atom. The lowest BCUT2D eigenvalue weighted by atomic mass is 10.0. The molecule has 102 valence electrons. The van der Waals surface area contributed by atoms with Gasteiger partial charge in [0, 0.05) is 11.6 Å². The van der Waals surface area contributed by atoms with Crippen LogP contribution in [0.3, 0.4) is 0 Å². The van der Waals surface area contributed by atoms with E-state index < -0.39 is 11.6 Å². The molecule has 0 bridgehead atoms. The zero-order chi connectivity index (χ0) is 13.5. The average molecular weight is 275 g/mol. The number of unbranched alkanes of at least 4 members (excludes halogenated alkanes) is 4. The van der Waals surface area contributed by atoms with Crippen molar-refractivity contribution in [3.8, 4) is 0 Å². The standard InChI is InChI=1S/C15H21ClF2/c1-3-4-5-6-7-8-13(16)12-9-11(2)14(17)10-15(12)18/h9-10,13H,3-8H2,1-2H3. The summed E-state index contributed by atoms with van der Waals surface area (Å²) in [6.45, 7) is 3.80. The van der Waals surface area contributed by atoms with Crippen LogP contribution in [0.1, 0.15) is 62.0 Å². The molecule has 0 N–H and O–H groups in total. The predicted molar refractivity (Wildman–Crippen MR) is 73.1 cm³/mol. The molecule has 18 heavy (non-hydrogen) atoms. The lowest BCUT2D eigenvalue weighted by molar-refractivity contribution is 0.552. The quantitative estimate of drug-likeness (QED) is 0.428. The van der Waals surface area contributed by atoms with Crippen LogP contribution < -0.4 is 0 Å². The molecule has 1 aromatic carbocycles. The van der Waals surface area contributed by atoms with Crippen LogP contribution in [0, 0.1) is 18.6 Å².